The standard InChI is InChI=1S/C21H26ClFN2O2/c1-27-19-7-6-17(21(23)12-19)14-25-10-9-24(15-18(25)8-11-26)13-16-4-2-3-5-20(16)22/h2-7,12,18,26H,8-11,13-15H2,1H3. The Hall–Kier alpha value is -1.66. The van der Waals surface area contributed by atoms with Crippen LogP contribution in [0.25, 0.3) is 0 Å². The number of aliphatic hydroxyl groups excluding tert-OH is 1. The second-order valence-corrected chi connectivity index (χ2v) is 7.33. The van der Waals surface area contributed by atoms with Crippen LogP contribution in [0, 0.1) is 5.82 Å². The summed E-state index contributed by atoms with van der Waals surface area (Å²) in [5.74, 6) is 0.267. The number of piperazine rings is 1. The molecule has 0 bridgehead atoms. The molecule has 0 aliphatic carbocycles. The van der Waals surface area contributed by atoms with Gasteiger partial charge in [0.25, 0.3) is 0 Å². The van der Waals surface area contributed by atoms with Crippen molar-refractivity contribution in [1.82, 2.24) is 9.80 Å². The average molecular weight is 393 g/mol. The van der Waals surface area contributed by atoms with Gasteiger partial charge < -0.3 is 9.84 Å². The molecule has 1 unspecified atom stereocenters. The maximum absolute atomic E-state index is 14.3. The quantitative estimate of drug-likeness (QED) is 0.781. The second-order valence-electron chi connectivity index (χ2n) is 6.92. The molecule has 0 radical (unpaired) electrons. The fourth-order valence-electron chi connectivity index (χ4n) is 3.60. The largest absolute Gasteiger partial charge is 0.497 e. The predicted octanol–water partition coefficient (Wildman–Crippen LogP) is 3.56. The number of benzene rings is 2. The molecule has 0 spiro atoms. The minimum atomic E-state index is -0.254. The molecule has 0 aromatic heterocycles. The Morgan fingerprint density at radius 2 is 1.96 bits per heavy atom. The van der Waals surface area contributed by atoms with Gasteiger partial charge in [-0.25, -0.2) is 4.39 Å². The van der Waals surface area contributed by atoms with E-state index in [1.54, 1.807) is 12.1 Å². The third-order valence-corrected chi connectivity index (χ3v) is 5.51. The molecule has 6 heteroatoms. The second kappa shape index (κ2) is 9.51. The SMILES string of the molecule is COc1ccc(CN2CCN(Cc3ccccc3Cl)CC2CCO)c(F)c1. The Morgan fingerprint density at radius 3 is 2.67 bits per heavy atom. The van der Waals surface area contributed by atoms with E-state index in [1.807, 2.05) is 24.3 Å². The summed E-state index contributed by atoms with van der Waals surface area (Å²) >= 11 is 6.29. The summed E-state index contributed by atoms with van der Waals surface area (Å²) in [6.07, 6.45) is 0.663. The first-order valence-corrected chi connectivity index (χ1v) is 9.61. The summed E-state index contributed by atoms with van der Waals surface area (Å²) in [5, 5.41) is 10.3. The molecule has 27 heavy (non-hydrogen) atoms. The van der Waals surface area contributed by atoms with Crippen molar-refractivity contribution < 1.29 is 14.2 Å². The van der Waals surface area contributed by atoms with Gasteiger partial charge in [0.1, 0.15) is 11.6 Å². The molecule has 1 atom stereocenters. The third-order valence-electron chi connectivity index (χ3n) is 5.14. The zero-order valence-corrected chi connectivity index (χ0v) is 16.3. The summed E-state index contributed by atoms with van der Waals surface area (Å²) in [5.41, 5.74) is 1.76. The molecule has 4 nitrogen and oxygen atoms in total. The van der Waals surface area contributed by atoms with Crippen molar-refractivity contribution >= 4 is 11.6 Å². The minimum Gasteiger partial charge on any atom is -0.497 e. The molecule has 1 saturated heterocycles. The van der Waals surface area contributed by atoms with Crippen molar-refractivity contribution in [1.29, 1.82) is 0 Å². The maximum Gasteiger partial charge on any atom is 0.131 e. The Bertz CT molecular complexity index is 759. The highest BCUT2D eigenvalue weighted by Gasteiger charge is 2.27. The van der Waals surface area contributed by atoms with Crippen molar-refractivity contribution in [2.24, 2.45) is 0 Å². The van der Waals surface area contributed by atoms with Gasteiger partial charge >= 0.3 is 0 Å². The van der Waals surface area contributed by atoms with Crippen molar-refractivity contribution in [2.75, 3.05) is 33.4 Å². The normalized spacial score (nSPS) is 18.6. The molecule has 0 amide bonds. The molecule has 1 N–H and O–H groups in total. The van der Waals surface area contributed by atoms with E-state index in [2.05, 4.69) is 9.80 Å². The van der Waals surface area contributed by atoms with Gasteiger partial charge in [0, 0.05) is 62.0 Å². The van der Waals surface area contributed by atoms with Crippen molar-refractivity contribution in [2.45, 2.75) is 25.6 Å². The van der Waals surface area contributed by atoms with Crippen LogP contribution in [0.1, 0.15) is 17.5 Å². The molecule has 0 saturated carbocycles. The summed E-state index contributed by atoms with van der Waals surface area (Å²) in [4.78, 5) is 4.60. The molecular formula is C21H26ClFN2O2. The smallest absolute Gasteiger partial charge is 0.131 e. The van der Waals surface area contributed by atoms with Crippen LogP contribution in [0.3, 0.4) is 0 Å². The monoisotopic (exact) mass is 392 g/mol. The van der Waals surface area contributed by atoms with Crippen molar-refractivity contribution in [3.05, 3.63) is 64.4 Å². The molecule has 3 rings (SSSR count). The number of hydrogen-bond acceptors (Lipinski definition) is 4. The molecule has 146 valence electrons. The third kappa shape index (κ3) is 5.20. The lowest BCUT2D eigenvalue weighted by Gasteiger charge is -2.41. The lowest BCUT2D eigenvalue weighted by molar-refractivity contribution is 0.0493. The number of aliphatic hydroxyl groups is 1. The predicted molar refractivity (Wildman–Crippen MR) is 106 cm³/mol. The fourth-order valence-corrected chi connectivity index (χ4v) is 3.80. The van der Waals surface area contributed by atoms with Gasteiger partial charge in [0.2, 0.25) is 0 Å². The van der Waals surface area contributed by atoms with E-state index in [0.717, 1.165) is 36.8 Å². The summed E-state index contributed by atoms with van der Waals surface area (Å²) < 4.78 is 19.4. The van der Waals surface area contributed by atoms with E-state index >= 15 is 0 Å². The minimum absolute atomic E-state index is 0.117. The van der Waals surface area contributed by atoms with Gasteiger partial charge in [-0.1, -0.05) is 35.9 Å². The van der Waals surface area contributed by atoms with Gasteiger partial charge in [-0.05, 0) is 24.1 Å². The van der Waals surface area contributed by atoms with E-state index in [1.165, 1.54) is 13.2 Å². The van der Waals surface area contributed by atoms with Crippen molar-refractivity contribution in [3.63, 3.8) is 0 Å². The molecule has 1 fully saturated rings. The first-order valence-electron chi connectivity index (χ1n) is 9.23. The van der Waals surface area contributed by atoms with Gasteiger partial charge in [0.05, 0.1) is 7.11 Å². The van der Waals surface area contributed by atoms with Crippen LogP contribution in [0.2, 0.25) is 5.02 Å². The van der Waals surface area contributed by atoms with Gasteiger partial charge in [-0.2, -0.15) is 0 Å². The molecule has 1 aliphatic heterocycles. The molecule has 1 heterocycles. The van der Waals surface area contributed by atoms with Crippen LogP contribution < -0.4 is 4.74 Å². The number of halogens is 2. The van der Waals surface area contributed by atoms with Crippen LogP contribution in [-0.4, -0.2) is 54.3 Å². The number of methoxy groups -OCH3 is 1. The fraction of sp³-hybridized carbons (Fsp3) is 0.429. The van der Waals surface area contributed by atoms with Crippen LogP contribution in [0.15, 0.2) is 42.5 Å². The Labute approximate surface area is 165 Å². The summed E-state index contributed by atoms with van der Waals surface area (Å²) in [7, 11) is 1.53. The van der Waals surface area contributed by atoms with Gasteiger partial charge in [-0.15, -0.1) is 0 Å². The zero-order valence-electron chi connectivity index (χ0n) is 15.6. The highest BCUT2D eigenvalue weighted by Crippen LogP contribution is 2.23. The molecule has 1 aliphatic rings. The van der Waals surface area contributed by atoms with E-state index in [0.29, 0.717) is 24.3 Å². The lowest BCUT2D eigenvalue weighted by Crippen LogP contribution is -2.52. The Balaban J connectivity index is 1.66. The number of ether oxygens (including phenoxy) is 1. The summed E-state index contributed by atoms with van der Waals surface area (Å²) in [6, 6.07) is 13.0. The van der Waals surface area contributed by atoms with E-state index in [4.69, 9.17) is 16.3 Å². The Morgan fingerprint density at radius 1 is 1.15 bits per heavy atom. The van der Waals surface area contributed by atoms with E-state index in [9.17, 15) is 9.50 Å². The Kier molecular flexibility index (Phi) is 7.07. The topological polar surface area (TPSA) is 35.9 Å². The van der Waals surface area contributed by atoms with Crippen LogP contribution in [-0.2, 0) is 13.1 Å². The maximum atomic E-state index is 14.3. The average Bonchev–Trinajstić information content (AvgIpc) is 2.67. The van der Waals surface area contributed by atoms with E-state index < -0.39 is 0 Å². The first kappa shape index (κ1) is 20.1. The zero-order chi connectivity index (χ0) is 19.2. The summed E-state index contributed by atoms with van der Waals surface area (Å²) in [6.45, 7) is 3.95. The number of nitrogens with zero attached hydrogens (tertiary/aromatic N) is 2. The highest BCUT2D eigenvalue weighted by molar-refractivity contribution is 6.31. The van der Waals surface area contributed by atoms with Crippen molar-refractivity contribution in [3.8, 4) is 5.75 Å². The van der Waals surface area contributed by atoms with Crippen LogP contribution in [0.4, 0.5) is 4.39 Å². The lowest BCUT2D eigenvalue weighted by atomic mass is 10.1. The van der Waals surface area contributed by atoms with Gasteiger partial charge in [0.15, 0.2) is 0 Å². The van der Waals surface area contributed by atoms with Crippen LogP contribution >= 0.6 is 11.6 Å². The first-order chi connectivity index (χ1) is 13.1. The highest BCUT2D eigenvalue weighted by atomic mass is 35.5. The van der Waals surface area contributed by atoms with Gasteiger partial charge in [-0.3, -0.25) is 9.80 Å². The molecule has 2 aromatic rings. The number of rotatable bonds is 7. The molecule has 2 aromatic carbocycles. The van der Waals surface area contributed by atoms with Crippen LogP contribution in [0.5, 0.6) is 5.75 Å². The van der Waals surface area contributed by atoms with E-state index in [-0.39, 0.29) is 18.5 Å². The molecular weight excluding hydrogens is 367 g/mol. The number of hydrogen-bond donors (Lipinski definition) is 1.